The summed E-state index contributed by atoms with van der Waals surface area (Å²) in [6.07, 6.45) is 1.78. The molecule has 0 N–H and O–H groups in total. The van der Waals surface area contributed by atoms with Crippen LogP contribution in [0.1, 0.15) is 22.5 Å². The molecule has 36 heavy (non-hydrogen) atoms. The quantitative estimate of drug-likeness (QED) is 0.267. The molecule has 1 aromatic heterocycles. The van der Waals surface area contributed by atoms with E-state index in [0.29, 0.717) is 22.9 Å². The number of halogens is 1. The molecule has 1 aliphatic heterocycles. The number of aryl methyl sites for hydroxylation is 1. The first-order chi connectivity index (χ1) is 17.4. The van der Waals surface area contributed by atoms with Gasteiger partial charge in [0.25, 0.3) is 11.1 Å². The second-order valence-corrected chi connectivity index (χ2v) is 9.42. The Hall–Kier alpha value is -4.10. The molecular formula is C29H23FN2O3S. The predicted octanol–water partition coefficient (Wildman–Crippen LogP) is 7.05. The zero-order valence-electron chi connectivity index (χ0n) is 19.8. The van der Waals surface area contributed by atoms with Gasteiger partial charge in [-0.15, -0.1) is 0 Å². The molecule has 0 saturated carbocycles. The van der Waals surface area contributed by atoms with Crippen LogP contribution in [-0.2, 0) is 11.4 Å². The van der Waals surface area contributed by atoms with E-state index in [2.05, 4.69) is 4.57 Å². The summed E-state index contributed by atoms with van der Waals surface area (Å²) in [5.74, 6) is 0.121. The second kappa shape index (κ2) is 9.87. The lowest BCUT2D eigenvalue weighted by molar-refractivity contribution is -0.113. The molecule has 2 amide bonds. The summed E-state index contributed by atoms with van der Waals surface area (Å²) in [6, 6.07) is 24.9. The maximum Gasteiger partial charge on any atom is 0.298 e. The molecular weight excluding hydrogens is 475 g/mol. The van der Waals surface area contributed by atoms with Gasteiger partial charge in [0, 0.05) is 17.1 Å². The molecule has 0 bridgehead atoms. The summed E-state index contributed by atoms with van der Waals surface area (Å²) in [7, 11) is 0. The number of thioether (sulfide) groups is 1. The number of para-hydroxylation sites is 1. The van der Waals surface area contributed by atoms with Gasteiger partial charge in [-0.25, -0.2) is 9.29 Å². The average Bonchev–Trinajstić information content (AvgIpc) is 3.32. The van der Waals surface area contributed by atoms with Crippen molar-refractivity contribution < 1.29 is 18.7 Å². The number of hydrogen-bond acceptors (Lipinski definition) is 4. The van der Waals surface area contributed by atoms with Gasteiger partial charge in [0.1, 0.15) is 18.2 Å². The molecule has 1 fully saturated rings. The monoisotopic (exact) mass is 498 g/mol. The largest absolute Gasteiger partial charge is 0.489 e. The van der Waals surface area contributed by atoms with Gasteiger partial charge in [-0.1, -0.05) is 30.3 Å². The molecule has 1 saturated heterocycles. The fourth-order valence-corrected chi connectivity index (χ4v) is 5.01. The molecule has 0 radical (unpaired) electrons. The van der Waals surface area contributed by atoms with Gasteiger partial charge in [0.05, 0.1) is 10.6 Å². The molecule has 0 aliphatic carbocycles. The third-order valence-corrected chi connectivity index (χ3v) is 6.85. The van der Waals surface area contributed by atoms with Crippen LogP contribution < -0.4 is 9.64 Å². The Bertz CT molecular complexity index is 1460. The summed E-state index contributed by atoms with van der Waals surface area (Å²) in [4.78, 5) is 27.1. The molecule has 0 spiro atoms. The first-order valence-electron chi connectivity index (χ1n) is 11.4. The van der Waals surface area contributed by atoms with Crippen molar-refractivity contribution in [3.05, 3.63) is 118 Å². The highest BCUT2D eigenvalue weighted by Crippen LogP contribution is 2.36. The normalized spacial score (nSPS) is 14.6. The Balaban J connectivity index is 1.35. The van der Waals surface area contributed by atoms with E-state index in [4.69, 9.17) is 4.74 Å². The molecule has 7 heteroatoms. The fourth-order valence-electron chi connectivity index (χ4n) is 4.18. The Morgan fingerprint density at radius 3 is 2.28 bits per heavy atom. The SMILES string of the molecule is Cc1cc(C=C2SC(=O)N(c3ccccc3)C2=O)c(C)n1-c1ccc(OCc2ccc(F)cc2)cc1. The third-order valence-electron chi connectivity index (χ3n) is 5.98. The zero-order valence-corrected chi connectivity index (χ0v) is 20.6. The van der Waals surface area contributed by atoms with Crippen molar-refractivity contribution in [2.24, 2.45) is 0 Å². The first kappa shape index (κ1) is 23.6. The van der Waals surface area contributed by atoms with Gasteiger partial charge in [-0.2, -0.15) is 0 Å². The van der Waals surface area contributed by atoms with Crippen molar-refractivity contribution >= 4 is 34.7 Å². The fraction of sp³-hybridized carbons (Fsp3) is 0.103. The lowest BCUT2D eigenvalue weighted by Gasteiger charge is -2.12. The average molecular weight is 499 g/mol. The van der Waals surface area contributed by atoms with Crippen LogP contribution in [0.2, 0.25) is 0 Å². The minimum atomic E-state index is -0.316. The molecule has 2 heterocycles. The predicted molar refractivity (Wildman–Crippen MR) is 141 cm³/mol. The van der Waals surface area contributed by atoms with E-state index < -0.39 is 0 Å². The number of hydrogen-bond donors (Lipinski definition) is 0. The summed E-state index contributed by atoms with van der Waals surface area (Å²) < 4.78 is 21.0. The van der Waals surface area contributed by atoms with E-state index in [0.717, 1.165) is 40.0 Å². The van der Waals surface area contributed by atoms with Gasteiger partial charge in [0.15, 0.2) is 0 Å². The standard InChI is InChI=1S/C29H23FN2O3S/c1-19-16-22(17-27-28(33)32(29(34)36-27)24-6-4-3-5-7-24)20(2)31(19)25-12-14-26(15-13-25)35-18-21-8-10-23(30)11-9-21/h3-17H,18H2,1-2H3. The third kappa shape index (κ3) is 4.70. The van der Waals surface area contributed by atoms with Crippen LogP contribution in [0, 0.1) is 19.7 Å². The second-order valence-electron chi connectivity index (χ2n) is 8.42. The van der Waals surface area contributed by atoms with Crippen molar-refractivity contribution in [2.75, 3.05) is 4.90 Å². The van der Waals surface area contributed by atoms with Crippen LogP contribution in [0.3, 0.4) is 0 Å². The molecule has 180 valence electrons. The van der Waals surface area contributed by atoms with Crippen molar-refractivity contribution in [3.63, 3.8) is 0 Å². The molecule has 4 aromatic rings. The summed E-state index contributed by atoms with van der Waals surface area (Å²) >= 11 is 0.949. The van der Waals surface area contributed by atoms with E-state index >= 15 is 0 Å². The van der Waals surface area contributed by atoms with Gasteiger partial charge in [-0.05, 0) is 97.4 Å². The van der Waals surface area contributed by atoms with E-state index in [9.17, 15) is 14.0 Å². The molecule has 5 rings (SSSR count). The molecule has 5 nitrogen and oxygen atoms in total. The minimum absolute atomic E-state index is 0.272. The number of benzene rings is 3. The van der Waals surface area contributed by atoms with Gasteiger partial charge in [0.2, 0.25) is 0 Å². The number of rotatable bonds is 6. The van der Waals surface area contributed by atoms with Crippen LogP contribution >= 0.6 is 11.8 Å². The van der Waals surface area contributed by atoms with Crippen LogP contribution in [0.15, 0.2) is 89.8 Å². The first-order valence-corrected chi connectivity index (χ1v) is 12.2. The van der Waals surface area contributed by atoms with E-state index in [-0.39, 0.29) is 17.0 Å². The number of imide groups is 1. The van der Waals surface area contributed by atoms with Crippen molar-refractivity contribution in [1.82, 2.24) is 4.57 Å². The van der Waals surface area contributed by atoms with Crippen LogP contribution in [0.5, 0.6) is 5.75 Å². The Morgan fingerprint density at radius 2 is 1.58 bits per heavy atom. The van der Waals surface area contributed by atoms with Crippen LogP contribution in [-0.4, -0.2) is 15.7 Å². The summed E-state index contributed by atoms with van der Waals surface area (Å²) in [6.45, 7) is 4.33. The highest BCUT2D eigenvalue weighted by Gasteiger charge is 2.36. The zero-order chi connectivity index (χ0) is 25.2. The number of aromatic nitrogens is 1. The van der Waals surface area contributed by atoms with Crippen molar-refractivity contribution in [1.29, 1.82) is 0 Å². The lowest BCUT2D eigenvalue weighted by atomic mass is 10.2. The topological polar surface area (TPSA) is 51.5 Å². The molecule has 0 atom stereocenters. The van der Waals surface area contributed by atoms with Gasteiger partial charge >= 0.3 is 0 Å². The number of nitrogens with zero attached hydrogens (tertiary/aromatic N) is 2. The number of ether oxygens (including phenoxy) is 1. The van der Waals surface area contributed by atoms with E-state index in [1.807, 2.05) is 50.2 Å². The van der Waals surface area contributed by atoms with Crippen molar-refractivity contribution in [2.45, 2.75) is 20.5 Å². The highest BCUT2D eigenvalue weighted by molar-refractivity contribution is 8.19. The van der Waals surface area contributed by atoms with Crippen molar-refractivity contribution in [3.8, 4) is 11.4 Å². The molecule has 0 unspecified atom stereocenters. The Morgan fingerprint density at radius 1 is 0.889 bits per heavy atom. The summed E-state index contributed by atoms with van der Waals surface area (Å²) in [5.41, 5.74) is 5.24. The maximum absolute atomic E-state index is 13.1. The van der Waals surface area contributed by atoms with Gasteiger partial charge < -0.3 is 9.30 Å². The number of amides is 2. The van der Waals surface area contributed by atoms with Gasteiger partial charge in [-0.3, -0.25) is 9.59 Å². The van der Waals surface area contributed by atoms with Crippen LogP contribution in [0.4, 0.5) is 14.9 Å². The maximum atomic E-state index is 13.1. The smallest absolute Gasteiger partial charge is 0.298 e. The van der Waals surface area contributed by atoms with E-state index in [1.54, 1.807) is 42.5 Å². The molecule has 3 aromatic carbocycles. The number of anilines is 1. The number of carbonyl (C=O) groups is 2. The van der Waals surface area contributed by atoms with Crippen LogP contribution in [0.25, 0.3) is 11.8 Å². The minimum Gasteiger partial charge on any atom is -0.489 e. The number of carbonyl (C=O) groups excluding carboxylic acids is 2. The highest BCUT2D eigenvalue weighted by atomic mass is 32.2. The summed E-state index contributed by atoms with van der Waals surface area (Å²) in [5, 5.41) is -0.303. The lowest BCUT2D eigenvalue weighted by Crippen LogP contribution is -2.27. The molecule has 1 aliphatic rings. The Kier molecular flexibility index (Phi) is 6.48. The van der Waals surface area contributed by atoms with E-state index in [1.165, 1.54) is 17.0 Å². The Labute approximate surface area is 212 Å².